The van der Waals surface area contributed by atoms with E-state index in [0.29, 0.717) is 11.5 Å². The third kappa shape index (κ3) is 3.62. The lowest BCUT2D eigenvalue weighted by Crippen LogP contribution is -2.19. The Morgan fingerprint density at radius 1 is 1.16 bits per heavy atom. The van der Waals surface area contributed by atoms with Crippen molar-refractivity contribution in [3.05, 3.63) is 76.2 Å². The van der Waals surface area contributed by atoms with Crippen LogP contribution in [-0.4, -0.2) is 37.3 Å². The fourth-order valence-corrected chi connectivity index (χ4v) is 4.58. The molecule has 0 N–H and O–H groups in total. The van der Waals surface area contributed by atoms with Gasteiger partial charge in [0.15, 0.2) is 0 Å². The summed E-state index contributed by atoms with van der Waals surface area (Å²) >= 11 is 0. The van der Waals surface area contributed by atoms with E-state index in [2.05, 4.69) is 22.5 Å². The molecule has 0 amide bonds. The van der Waals surface area contributed by atoms with Gasteiger partial charge < -0.3 is 13.9 Å². The predicted octanol–water partition coefficient (Wildman–Crippen LogP) is 4.00. The molecule has 0 saturated carbocycles. The Balaban J connectivity index is 1.73. The number of hydrogen-bond acceptors (Lipinski definition) is 5. The Bertz CT molecular complexity index is 1290. The first kappa shape index (κ1) is 20.6. The Morgan fingerprint density at radius 3 is 2.69 bits per heavy atom. The zero-order valence-corrected chi connectivity index (χ0v) is 18.7. The van der Waals surface area contributed by atoms with Crippen molar-refractivity contribution in [1.82, 2.24) is 24.1 Å². The highest BCUT2D eigenvalue weighted by molar-refractivity contribution is 5.81. The molecule has 0 radical (unpaired) electrons. The number of fused-ring (bicyclic) bond motifs is 1. The van der Waals surface area contributed by atoms with Crippen molar-refractivity contribution in [2.75, 3.05) is 13.2 Å². The number of imidazole rings is 1. The molecule has 5 rings (SSSR count). The largest absolute Gasteiger partial charge is 0.381 e. The van der Waals surface area contributed by atoms with Crippen molar-refractivity contribution >= 4 is 11.0 Å². The lowest BCUT2D eigenvalue weighted by molar-refractivity contribution is 0.0845. The van der Waals surface area contributed by atoms with E-state index < -0.39 is 0 Å². The van der Waals surface area contributed by atoms with Crippen LogP contribution in [0.2, 0.25) is 0 Å². The van der Waals surface area contributed by atoms with E-state index in [-0.39, 0.29) is 11.6 Å². The fraction of sp³-hybridized carbons (Fsp3) is 0.360. The monoisotopic (exact) mass is 429 g/mol. The minimum atomic E-state index is -0.0429. The van der Waals surface area contributed by atoms with Gasteiger partial charge in [0.1, 0.15) is 11.3 Å². The molecule has 1 aliphatic heterocycles. The molecule has 1 aliphatic rings. The first-order valence-corrected chi connectivity index (χ1v) is 11.1. The van der Waals surface area contributed by atoms with E-state index >= 15 is 0 Å². The number of aromatic nitrogens is 5. The predicted molar refractivity (Wildman–Crippen MR) is 124 cm³/mol. The molecule has 0 bridgehead atoms. The van der Waals surface area contributed by atoms with E-state index in [1.165, 1.54) is 0 Å². The van der Waals surface area contributed by atoms with Crippen LogP contribution in [0.15, 0.2) is 53.7 Å². The summed E-state index contributed by atoms with van der Waals surface area (Å²) < 4.78 is 9.38. The Morgan fingerprint density at radius 2 is 1.97 bits per heavy atom. The molecule has 1 unspecified atom stereocenters. The summed E-state index contributed by atoms with van der Waals surface area (Å²) in [5.74, 6) is 1.20. The second-order valence-electron chi connectivity index (χ2n) is 8.55. The molecule has 4 aromatic heterocycles. The van der Waals surface area contributed by atoms with Crippen molar-refractivity contribution in [1.29, 1.82) is 0 Å². The molecular weight excluding hydrogens is 402 g/mol. The van der Waals surface area contributed by atoms with Crippen molar-refractivity contribution in [2.45, 2.75) is 38.6 Å². The molecule has 0 aromatic carbocycles. The molecular formula is C25H27N5O2. The van der Waals surface area contributed by atoms with Gasteiger partial charge in [-0.05, 0) is 51.0 Å². The van der Waals surface area contributed by atoms with Crippen LogP contribution in [-0.2, 0) is 11.8 Å². The third-order valence-electron chi connectivity index (χ3n) is 6.36. The van der Waals surface area contributed by atoms with Crippen molar-refractivity contribution in [2.24, 2.45) is 7.05 Å². The maximum atomic E-state index is 12.3. The normalized spacial score (nSPS) is 15.8. The average Bonchev–Trinajstić information content (AvgIpc) is 3.21. The van der Waals surface area contributed by atoms with Crippen LogP contribution >= 0.6 is 0 Å². The van der Waals surface area contributed by atoms with E-state index in [9.17, 15) is 4.79 Å². The van der Waals surface area contributed by atoms with Crippen LogP contribution in [0.4, 0.5) is 0 Å². The number of nitrogens with zero attached hydrogens (tertiary/aromatic N) is 5. The minimum absolute atomic E-state index is 0.00217. The number of ether oxygens (including phenoxy) is 1. The lowest BCUT2D eigenvalue weighted by Gasteiger charge is -2.22. The highest BCUT2D eigenvalue weighted by Gasteiger charge is 2.23. The van der Waals surface area contributed by atoms with Gasteiger partial charge in [-0.3, -0.25) is 14.8 Å². The average molecular weight is 430 g/mol. The second-order valence-corrected chi connectivity index (χ2v) is 8.55. The van der Waals surface area contributed by atoms with E-state index in [1.54, 1.807) is 11.6 Å². The third-order valence-corrected chi connectivity index (χ3v) is 6.36. The molecule has 7 heteroatoms. The second kappa shape index (κ2) is 8.31. The van der Waals surface area contributed by atoms with Crippen LogP contribution in [0, 0.1) is 6.92 Å². The molecule has 1 atom stereocenters. The molecule has 164 valence electrons. The van der Waals surface area contributed by atoms with Gasteiger partial charge in [0.25, 0.3) is 5.56 Å². The number of hydrogen-bond donors (Lipinski definition) is 0. The molecule has 1 fully saturated rings. The zero-order chi connectivity index (χ0) is 22.2. The number of aryl methyl sites for hydroxylation is 2. The van der Waals surface area contributed by atoms with Crippen molar-refractivity contribution in [3.8, 4) is 11.4 Å². The molecule has 7 nitrogen and oxygen atoms in total. The molecule has 1 saturated heterocycles. The van der Waals surface area contributed by atoms with E-state index in [4.69, 9.17) is 14.7 Å². The molecule has 5 heterocycles. The minimum Gasteiger partial charge on any atom is -0.381 e. The van der Waals surface area contributed by atoms with Crippen molar-refractivity contribution in [3.63, 3.8) is 0 Å². The smallest absolute Gasteiger partial charge is 0.253 e. The quantitative estimate of drug-likeness (QED) is 0.490. The maximum absolute atomic E-state index is 12.3. The van der Waals surface area contributed by atoms with Gasteiger partial charge in [0.2, 0.25) is 0 Å². The van der Waals surface area contributed by atoms with Gasteiger partial charge in [-0.25, -0.2) is 4.98 Å². The van der Waals surface area contributed by atoms with Gasteiger partial charge in [0.05, 0.1) is 23.4 Å². The van der Waals surface area contributed by atoms with Crippen LogP contribution < -0.4 is 5.56 Å². The van der Waals surface area contributed by atoms with Crippen molar-refractivity contribution < 1.29 is 4.74 Å². The summed E-state index contributed by atoms with van der Waals surface area (Å²) in [6.07, 6.45) is 7.51. The van der Waals surface area contributed by atoms with E-state index in [1.807, 2.05) is 49.8 Å². The molecule has 0 spiro atoms. The molecule has 32 heavy (non-hydrogen) atoms. The van der Waals surface area contributed by atoms with E-state index in [0.717, 1.165) is 59.9 Å². The van der Waals surface area contributed by atoms with Gasteiger partial charge in [-0.15, -0.1) is 0 Å². The van der Waals surface area contributed by atoms with Gasteiger partial charge >= 0.3 is 0 Å². The Kier molecular flexibility index (Phi) is 5.35. The van der Waals surface area contributed by atoms with Gasteiger partial charge in [0, 0.05) is 55.4 Å². The summed E-state index contributed by atoms with van der Waals surface area (Å²) in [4.78, 5) is 26.6. The summed E-state index contributed by atoms with van der Waals surface area (Å²) in [6, 6.07) is 10.0. The number of rotatable bonds is 4. The first-order valence-electron chi connectivity index (χ1n) is 11.1. The highest BCUT2D eigenvalue weighted by atomic mass is 16.5. The topological polar surface area (TPSA) is 74.8 Å². The summed E-state index contributed by atoms with van der Waals surface area (Å²) in [5.41, 5.74) is 5.49. The number of pyridine rings is 3. The maximum Gasteiger partial charge on any atom is 0.253 e. The van der Waals surface area contributed by atoms with Gasteiger partial charge in [-0.1, -0.05) is 6.07 Å². The lowest BCUT2D eigenvalue weighted by atomic mass is 9.96. The first-order chi connectivity index (χ1) is 15.5. The summed E-state index contributed by atoms with van der Waals surface area (Å²) in [5, 5.41) is 0. The SMILES string of the molecule is Cc1cc(-c2nc3cnc(C4CCOCC4)cc3n2C(C)c2ccccn2)cn(C)c1=O. The summed E-state index contributed by atoms with van der Waals surface area (Å²) in [7, 11) is 1.78. The van der Waals surface area contributed by atoms with Crippen LogP contribution in [0.25, 0.3) is 22.4 Å². The van der Waals surface area contributed by atoms with Crippen LogP contribution in [0.5, 0.6) is 0 Å². The highest BCUT2D eigenvalue weighted by Crippen LogP contribution is 2.33. The van der Waals surface area contributed by atoms with Gasteiger partial charge in [-0.2, -0.15) is 0 Å². The van der Waals surface area contributed by atoms with Crippen LogP contribution in [0.1, 0.15) is 48.7 Å². The fourth-order valence-electron chi connectivity index (χ4n) is 4.58. The Hall–Kier alpha value is -3.32. The zero-order valence-electron chi connectivity index (χ0n) is 18.7. The Labute approximate surface area is 186 Å². The molecule has 4 aromatic rings. The van der Waals surface area contributed by atoms with Crippen LogP contribution in [0.3, 0.4) is 0 Å². The standard InChI is InChI=1S/C25H27N5O2/c1-16-12-19(15-29(3)25(16)31)24-28-22-14-27-21(18-7-10-32-11-8-18)13-23(22)30(24)17(2)20-6-4-5-9-26-20/h4-6,9,12-15,17-18H,7-8,10-11H2,1-3H3. The summed E-state index contributed by atoms with van der Waals surface area (Å²) in [6.45, 7) is 5.52. The molecule has 0 aliphatic carbocycles.